The van der Waals surface area contributed by atoms with Crippen molar-refractivity contribution in [2.24, 2.45) is 0 Å². The molecule has 8 heteroatoms. The number of carbonyl (C=O) groups excluding carboxylic acids is 2. The third-order valence-electron chi connectivity index (χ3n) is 4.59. The Bertz CT molecular complexity index is 986. The van der Waals surface area contributed by atoms with Crippen LogP contribution >= 0.6 is 0 Å². The van der Waals surface area contributed by atoms with Crippen LogP contribution in [0.4, 0.5) is 5.69 Å². The van der Waals surface area contributed by atoms with Crippen LogP contribution < -0.4 is 10.1 Å². The lowest BCUT2D eigenvalue weighted by atomic mass is 9.96. The zero-order valence-electron chi connectivity index (χ0n) is 15.7. The second kappa shape index (κ2) is 8.12. The van der Waals surface area contributed by atoms with Gasteiger partial charge in [0.15, 0.2) is 0 Å². The Balaban J connectivity index is 1.82. The molecule has 0 aromatic heterocycles. The smallest absolute Gasteiger partial charge is 0.330 e. The Morgan fingerprint density at radius 1 is 1.11 bits per heavy atom. The summed E-state index contributed by atoms with van der Waals surface area (Å²) in [5, 5.41) is 2.63. The Labute approximate surface area is 164 Å². The molecule has 0 spiro atoms. The summed E-state index contributed by atoms with van der Waals surface area (Å²) >= 11 is 0. The van der Waals surface area contributed by atoms with Gasteiger partial charge < -0.3 is 10.1 Å². The molecule has 2 aromatic rings. The molecule has 3 rings (SSSR count). The van der Waals surface area contributed by atoms with E-state index in [-0.39, 0.29) is 30.4 Å². The summed E-state index contributed by atoms with van der Waals surface area (Å²) in [5.41, 5.74) is 2.41. The molecule has 1 heterocycles. The first-order valence-electron chi connectivity index (χ1n) is 8.96. The molecule has 0 saturated heterocycles. The van der Waals surface area contributed by atoms with E-state index in [1.54, 1.807) is 31.2 Å². The molecular formula is C20H22N2O5S. The normalized spacial score (nSPS) is 16.9. The summed E-state index contributed by atoms with van der Waals surface area (Å²) in [5.74, 6) is -0.638. The van der Waals surface area contributed by atoms with Crippen LogP contribution in [0.1, 0.15) is 25.0 Å². The van der Waals surface area contributed by atoms with Crippen molar-refractivity contribution >= 4 is 27.6 Å². The summed E-state index contributed by atoms with van der Waals surface area (Å²) in [6.45, 7) is 3.10. The first-order chi connectivity index (χ1) is 13.3. The molecule has 1 atom stereocenters. The molecule has 7 nitrogen and oxygen atoms in total. The van der Waals surface area contributed by atoms with E-state index in [0.717, 1.165) is 11.1 Å². The van der Waals surface area contributed by atoms with Crippen LogP contribution in [0.2, 0.25) is 0 Å². The molecular weight excluding hydrogens is 380 g/mol. The zero-order valence-corrected chi connectivity index (χ0v) is 16.5. The van der Waals surface area contributed by atoms with Crippen LogP contribution in [0.25, 0.3) is 0 Å². The highest BCUT2D eigenvalue weighted by Gasteiger charge is 2.39. The number of rotatable bonds is 5. The minimum atomic E-state index is -3.59. The van der Waals surface area contributed by atoms with Crippen LogP contribution in [0, 0.1) is 0 Å². The zero-order chi connectivity index (χ0) is 20.3. The average molecular weight is 402 g/mol. The quantitative estimate of drug-likeness (QED) is 0.612. The molecule has 1 amide bonds. The van der Waals surface area contributed by atoms with Gasteiger partial charge in [-0.2, -0.15) is 4.31 Å². The molecule has 0 bridgehead atoms. The predicted octanol–water partition coefficient (Wildman–Crippen LogP) is 2.33. The fraction of sp³-hybridized carbons (Fsp3) is 0.300. The van der Waals surface area contributed by atoms with Crippen molar-refractivity contribution in [1.82, 2.24) is 4.31 Å². The number of amides is 1. The van der Waals surface area contributed by atoms with E-state index in [2.05, 4.69) is 5.32 Å². The number of anilines is 1. The number of nitrogens with one attached hydrogen (secondary N) is 1. The van der Waals surface area contributed by atoms with Crippen LogP contribution in [-0.2, 0) is 32.6 Å². The van der Waals surface area contributed by atoms with Gasteiger partial charge in [-0.15, -0.1) is 0 Å². The van der Waals surface area contributed by atoms with E-state index in [1.165, 1.54) is 11.2 Å². The van der Waals surface area contributed by atoms with Gasteiger partial charge in [-0.3, -0.25) is 4.79 Å². The third kappa shape index (κ3) is 4.40. The van der Waals surface area contributed by atoms with Gasteiger partial charge in [0, 0.05) is 25.6 Å². The Morgan fingerprint density at radius 3 is 2.36 bits per heavy atom. The van der Waals surface area contributed by atoms with Gasteiger partial charge in [-0.1, -0.05) is 24.3 Å². The molecule has 0 unspecified atom stereocenters. The molecule has 148 valence electrons. The van der Waals surface area contributed by atoms with E-state index in [0.29, 0.717) is 5.69 Å². The number of sulfonamides is 1. The van der Waals surface area contributed by atoms with Gasteiger partial charge in [-0.05, 0) is 42.3 Å². The third-order valence-corrected chi connectivity index (χ3v) is 6.42. The number of hydrogen-bond acceptors (Lipinski definition) is 5. The van der Waals surface area contributed by atoms with Crippen LogP contribution in [0.5, 0.6) is 5.75 Å². The molecule has 0 fully saturated rings. The van der Waals surface area contributed by atoms with Crippen molar-refractivity contribution in [3.05, 3.63) is 59.7 Å². The molecule has 28 heavy (non-hydrogen) atoms. The van der Waals surface area contributed by atoms with Gasteiger partial charge in [-0.25, -0.2) is 13.2 Å². The van der Waals surface area contributed by atoms with Gasteiger partial charge in [0.2, 0.25) is 15.9 Å². The number of fused-ring (bicyclic) bond motifs is 1. The van der Waals surface area contributed by atoms with Crippen LogP contribution in [0.3, 0.4) is 0 Å². The SMILES string of the molecule is CCS(=O)(=O)N1Cc2ccccc2C[C@@H]1C(=O)Oc1ccc(NC(C)=O)cc1. The lowest BCUT2D eigenvalue weighted by Crippen LogP contribution is -2.50. The minimum absolute atomic E-state index is 0.0929. The molecule has 1 aliphatic rings. The summed E-state index contributed by atoms with van der Waals surface area (Å²) in [6.07, 6.45) is 0.262. The second-order valence-electron chi connectivity index (χ2n) is 6.56. The number of carbonyl (C=O) groups is 2. The Kier molecular flexibility index (Phi) is 5.81. The standard InChI is InChI=1S/C20H22N2O5S/c1-3-28(25,26)22-13-16-7-5-4-6-15(16)12-19(22)20(24)27-18-10-8-17(9-11-18)21-14(2)23/h4-11,19H,3,12-13H2,1-2H3,(H,21,23)/t19-/m1/s1. The molecule has 0 aliphatic carbocycles. The highest BCUT2D eigenvalue weighted by Crippen LogP contribution is 2.27. The monoisotopic (exact) mass is 402 g/mol. The molecule has 0 saturated carbocycles. The fourth-order valence-corrected chi connectivity index (χ4v) is 4.37. The number of esters is 1. The second-order valence-corrected chi connectivity index (χ2v) is 8.77. The van der Waals surface area contributed by atoms with Gasteiger partial charge >= 0.3 is 5.97 Å². The van der Waals surface area contributed by atoms with Crippen molar-refractivity contribution in [2.45, 2.75) is 32.9 Å². The predicted molar refractivity (Wildman–Crippen MR) is 105 cm³/mol. The number of benzene rings is 2. The maximum Gasteiger partial charge on any atom is 0.330 e. The van der Waals surface area contributed by atoms with E-state index in [4.69, 9.17) is 4.74 Å². The van der Waals surface area contributed by atoms with Crippen molar-refractivity contribution in [3.8, 4) is 5.75 Å². The van der Waals surface area contributed by atoms with E-state index in [1.807, 2.05) is 24.3 Å². The van der Waals surface area contributed by atoms with E-state index in [9.17, 15) is 18.0 Å². The highest BCUT2D eigenvalue weighted by molar-refractivity contribution is 7.89. The number of hydrogen-bond donors (Lipinski definition) is 1. The molecule has 1 N–H and O–H groups in total. The van der Waals surface area contributed by atoms with Crippen molar-refractivity contribution in [1.29, 1.82) is 0 Å². The Hall–Kier alpha value is -2.71. The summed E-state index contributed by atoms with van der Waals surface area (Å²) in [4.78, 5) is 23.9. The number of ether oxygens (including phenoxy) is 1. The first-order valence-corrected chi connectivity index (χ1v) is 10.6. The highest BCUT2D eigenvalue weighted by atomic mass is 32.2. The molecule has 1 aliphatic heterocycles. The first kappa shape index (κ1) is 20.0. The average Bonchev–Trinajstić information content (AvgIpc) is 2.68. The van der Waals surface area contributed by atoms with Gasteiger partial charge in [0.05, 0.1) is 5.75 Å². The van der Waals surface area contributed by atoms with Gasteiger partial charge in [0.25, 0.3) is 0 Å². The van der Waals surface area contributed by atoms with Crippen molar-refractivity contribution < 1.29 is 22.7 Å². The maximum atomic E-state index is 12.8. The summed E-state index contributed by atoms with van der Waals surface area (Å²) in [6, 6.07) is 12.9. The summed E-state index contributed by atoms with van der Waals surface area (Å²) < 4.78 is 31.8. The van der Waals surface area contributed by atoms with Crippen LogP contribution in [0.15, 0.2) is 48.5 Å². The maximum absolute atomic E-state index is 12.8. The van der Waals surface area contributed by atoms with Gasteiger partial charge in [0.1, 0.15) is 11.8 Å². The topological polar surface area (TPSA) is 92.8 Å². The Morgan fingerprint density at radius 2 is 1.75 bits per heavy atom. The van der Waals surface area contributed by atoms with Crippen LogP contribution in [-0.4, -0.2) is 36.4 Å². The minimum Gasteiger partial charge on any atom is -0.425 e. The molecule has 2 aromatic carbocycles. The largest absolute Gasteiger partial charge is 0.425 e. The lowest BCUT2D eigenvalue weighted by molar-refractivity contribution is -0.139. The lowest BCUT2D eigenvalue weighted by Gasteiger charge is -2.34. The molecule has 0 radical (unpaired) electrons. The van der Waals surface area contributed by atoms with E-state index >= 15 is 0 Å². The van der Waals surface area contributed by atoms with Crippen molar-refractivity contribution in [2.75, 3.05) is 11.1 Å². The van der Waals surface area contributed by atoms with Crippen molar-refractivity contribution in [3.63, 3.8) is 0 Å². The number of nitrogens with zero attached hydrogens (tertiary/aromatic N) is 1. The van der Waals surface area contributed by atoms with E-state index < -0.39 is 22.0 Å². The fourth-order valence-electron chi connectivity index (χ4n) is 3.15. The summed E-state index contributed by atoms with van der Waals surface area (Å²) in [7, 11) is -3.59.